The summed E-state index contributed by atoms with van der Waals surface area (Å²) in [6, 6.07) is 10.3. The number of anilines is 1. The summed E-state index contributed by atoms with van der Waals surface area (Å²) < 4.78 is 0. The molecule has 118 valence electrons. The summed E-state index contributed by atoms with van der Waals surface area (Å²) in [6.07, 6.45) is 3.22. The Bertz CT molecular complexity index is 791. The van der Waals surface area contributed by atoms with Crippen molar-refractivity contribution in [3.05, 3.63) is 64.7 Å². The molecule has 23 heavy (non-hydrogen) atoms. The Morgan fingerprint density at radius 2 is 1.78 bits per heavy atom. The quantitative estimate of drug-likeness (QED) is 0.665. The summed E-state index contributed by atoms with van der Waals surface area (Å²) >= 11 is 0. The van der Waals surface area contributed by atoms with Gasteiger partial charge in [-0.2, -0.15) is 0 Å². The van der Waals surface area contributed by atoms with Crippen molar-refractivity contribution in [3.8, 4) is 5.75 Å². The van der Waals surface area contributed by atoms with Gasteiger partial charge in [-0.05, 0) is 66.9 Å². The second kappa shape index (κ2) is 6.92. The zero-order valence-corrected chi connectivity index (χ0v) is 13.4. The Morgan fingerprint density at radius 1 is 1.04 bits per heavy atom. The van der Waals surface area contributed by atoms with Crippen LogP contribution in [0.2, 0.25) is 0 Å². The van der Waals surface area contributed by atoms with Gasteiger partial charge in [0.05, 0.1) is 0 Å². The lowest BCUT2D eigenvalue weighted by Gasteiger charge is -2.06. The number of phenolic OH excluding ortho intramolecular Hbond substituents is 1. The van der Waals surface area contributed by atoms with Crippen molar-refractivity contribution in [2.24, 2.45) is 0 Å². The first-order valence-electron chi connectivity index (χ1n) is 7.27. The van der Waals surface area contributed by atoms with Crippen molar-refractivity contribution >= 4 is 23.5 Å². The predicted octanol–water partition coefficient (Wildman–Crippen LogP) is 3.86. The van der Waals surface area contributed by atoms with E-state index >= 15 is 0 Å². The predicted molar refractivity (Wildman–Crippen MR) is 91.7 cm³/mol. The average Bonchev–Trinajstić information content (AvgIpc) is 2.47. The van der Waals surface area contributed by atoms with Crippen LogP contribution in [-0.4, -0.2) is 16.8 Å². The minimum Gasteiger partial charge on any atom is -0.508 e. The number of rotatable bonds is 4. The molecule has 0 aliphatic rings. The van der Waals surface area contributed by atoms with Crippen LogP contribution in [0.1, 0.15) is 34.0 Å². The monoisotopic (exact) mass is 309 g/mol. The number of carbonyl (C=O) groups is 2. The van der Waals surface area contributed by atoms with Gasteiger partial charge >= 0.3 is 0 Å². The van der Waals surface area contributed by atoms with Gasteiger partial charge in [0.2, 0.25) is 5.91 Å². The Hall–Kier alpha value is -2.88. The van der Waals surface area contributed by atoms with E-state index in [1.807, 2.05) is 13.0 Å². The lowest BCUT2D eigenvalue weighted by Crippen LogP contribution is -2.07. The summed E-state index contributed by atoms with van der Waals surface area (Å²) in [7, 11) is 0. The molecule has 2 rings (SSSR count). The van der Waals surface area contributed by atoms with Gasteiger partial charge in [0, 0.05) is 18.2 Å². The first-order chi connectivity index (χ1) is 10.9. The molecule has 0 fully saturated rings. The Labute approximate surface area is 135 Å². The maximum Gasteiger partial charge on any atom is 0.221 e. The maximum atomic E-state index is 12.3. The fourth-order valence-electron chi connectivity index (χ4n) is 2.27. The number of nitrogens with one attached hydrogen (secondary N) is 1. The number of allylic oxidation sites excluding steroid dienone is 1. The number of aromatic hydroxyl groups is 1. The zero-order chi connectivity index (χ0) is 17.0. The van der Waals surface area contributed by atoms with E-state index in [2.05, 4.69) is 5.32 Å². The number of carbonyl (C=O) groups excluding carboxylic acids is 2. The first-order valence-corrected chi connectivity index (χ1v) is 7.27. The molecule has 0 saturated carbocycles. The van der Waals surface area contributed by atoms with E-state index in [-0.39, 0.29) is 17.4 Å². The van der Waals surface area contributed by atoms with Gasteiger partial charge in [-0.15, -0.1) is 0 Å². The molecule has 0 spiro atoms. The summed E-state index contributed by atoms with van der Waals surface area (Å²) in [5.74, 6) is -0.0217. The molecule has 0 heterocycles. The smallest absolute Gasteiger partial charge is 0.221 e. The largest absolute Gasteiger partial charge is 0.508 e. The fraction of sp³-hybridized carbons (Fsp3) is 0.158. The van der Waals surface area contributed by atoms with Crippen LogP contribution in [0.25, 0.3) is 6.08 Å². The maximum absolute atomic E-state index is 12.3. The lowest BCUT2D eigenvalue weighted by molar-refractivity contribution is -0.114. The molecule has 0 aromatic heterocycles. The van der Waals surface area contributed by atoms with Gasteiger partial charge in [0.25, 0.3) is 0 Å². The highest BCUT2D eigenvalue weighted by molar-refractivity contribution is 6.08. The van der Waals surface area contributed by atoms with E-state index in [1.54, 1.807) is 43.3 Å². The Morgan fingerprint density at radius 3 is 2.39 bits per heavy atom. The van der Waals surface area contributed by atoms with Crippen molar-refractivity contribution in [1.82, 2.24) is 0 Å². The van der Waals surface area contributed by atoms with E-state index in [0.717, 1.165) is 16.7 Å². The molecular weight excluding hydrogens is 290 g/mol. The number of hydrogen-bond donors (Lipinski definition) is 2. The van der Waals surface area contributed by atoms with E-state index in [4.69, 9.17) is 0 Å². The van der Waals surface area contributed by atoms with E-state index in [1.165, 1.54) is 13.0 Å². The lowest BCUT2D eigenvalue weighted by atomic mass is 10.0. The van der Waals surface area contributed by atoms with Crippen LogP contribution in [0.3, 0.4) is 0 Å². The minimum atomic E-state index is -0.147. The van der Waals surface area contributed by atoms with Crippen LogP contribution in [0.5, 0.6) is 5.75 Å². The Kier molecular flexibility index (Phi) is 4.96. The molecular formula is C19H19NO3. The highest BCUT2D eigenvalue weighted by Crippen LogP contribution is 2.19. The number of amides is 1. The number of ketones is 1. The van der Waals surface area contributed by atoms with E-state index in [0.29, 0.717) is 11.3 Å². The number of phenols is 1. The third-order valence-electron chi connectivity index (χ3n) is 3.46. The van der Waals surface area contributed by atoms with Crippen molar-refractivity contribution in [2.75, 3.05) is 5.32 Å². The molecule has 0 radical (unpaired) electrons. The van der Waals surface area contributed by atoms with Crippen LogP contribution in [-0.2, 0) is 4.79 Å². The van der Waals surface area contributed by atoms with Crippen molar-refractivity contribution < 1.29 is 14.7 Å². The molecule has 0 aliphatic heterocycles. The van der Waals surface area contributed by atoms with E-state index in [9.17, 15) is 14.7 Å². The molecule has 1 amide bonds. The molecule has 0 unspecified atom stereocenters. The molecule has 4 heteroatoms. The van der Waals surface area contributed by atoms with Crippen LogP contribution in [0.15, 0.2) is 42.5 Å². The third kappa shape index (κ3) is 4.30. The van der Waals surface area contributed by atoms with Crippen LogP contribution in [0.4, 0.5) is 5.69 Å². The van der Waals surface area contributed by atoms with Crippen molar-refractivity contribution in [1.29, 1.82) is 0 Å². The molecule has 0 atom stereocenters. The standard InChI is InChI=1S/C19H19NO3/c1-12-11-16(20-14(3)21)6-7-17(12)19(23)9-5-15-4-8-18(22)13(2)10-15/h4-11,22H,1-3H3,(H,20,21). The highest BCUT2D eigenvalue weighted by Gasteiger charge is 2.07. The second-order valence-corrected chi connectivity index (χ2v) is 5.45. The van der Waals surface area contributed by atoms with Gasteiger partial charge < -0.3 is 10.4 Å². The van der Waals surface area contributed by atoms with Gasteiger partial charge in [-0.1, -0.05) is 12.1 Å². The molecule has 0 bridgehead atoms. The van der Waals surface area contributed by atoms with E-state index < -0.39 is 0 Å². The molecule has 2 aromatic carbocycles. The summed E-state index contributed by atoms with van der Waals surface area (Å²) in [5.41, 5.74) is 3.67. The van der Waals surface area contributed by atoms with Gasteiger partial charge in [0.1, 0.15) is 5.75 Å². The Balaban J connectivity index is 2.18. The normalized spacial score (nSPS) is 10.7. The SMILES string of the molecule is CC(=O)Nc1ccc(C(=O)C=Cc2ccc(O)c(C)c2)c(C)c1. The summed E-state index contributed by atoms with van der Waals surface area (Å²) in [5, 5.41) is 12.2. The van der Waals surface area contributed by atoms with Crippen LogP contribution < -0.4 is 5.32 Å². The zero-order valence-electron chi connectivity index (χ0n) is 13.4. The highest BCUT2D eigenvalue weighted by atomic mass is 16.3. The van der Waals surface area contributed by atoms with Crippen molar-refractivity contribution in [2.45, 2.75) is 20.8 Å². The molecule has 4 nitrogen and oxygen atoms in total. The molecule has 0 aliphatic carbocycles. The number of benzene rings is 2. The second-order valence-electron chi connectivity index (χ2n) is 5.45. The van der Waals surface area contributed by atoms with Gasteiger partial charge in [-0.25, -0.2) is 0 Å². The van der Waals surface area contributed by atoms with Crippen molar-refractivity contribution in [3.63, 3.8) is 0 Å². The molecule has 2 N–H and O–H groups in total. The summed E-state index contributed by atoms with van der Waals surface area (Å²) in [6.45, 7) is 5.08. The number of hydrogen-bond acceptors (Lipinski definition) is 3. The third-order valence-corrected chi connectivity index (χ3v) is 3.46. The minimum absolute atomic E-state index is 0.109. The summed E-state index contributed by atoms with van der Waals surface area (Å²) in [4.78, 5) is 23.3. The van der Waals surface area contributed by atoms with Crippen LogP contribution in [0, 0.1) is 13.8 Å². The first kappa shape index (κ1) is 16.5. The molecule has 0 saturated heterocycles. The number of aryl methyl sites for hydroxylation is 2. The topological polar surface area (TPSA) is 66.4 Å². The fourth-order valence-corrected chi connectivity index (χ4v) is 2.27. The van der Waals surface area contributed by atoms with Gasteiger partial charge in [0.15, 0.2) is 5.78 Å². The van der Waals surface area contributed by atoms with Crippen LogP contribution >= 0.6 is 0 Å². The van der Waals surface area contributed by atoms with Gasteiger partial charge in [-0.3, -0.25) is 9.59 Å². The average molecular weight is 309 g/mol. The molecule has 2 aromatic rings.